The summed E-state index contributed by atoms with van der Waals surface area (Å²) in [6.45, 7) is 3.49. The first-order valence-corrected chi connectivity index (χ1v) is 4.10. The van der Waals surface area contributed by atoms with Crippen molar-refractivity contribution in [1.29, 1.82) is 0 Å². The lowest BCUT2D eigenvalue weighted by molar-refractivity contribution is 0.102. The van der Waals surface area contributed by atoms with Crippen molar-refractivity contribution in [1.82, 2.24) is 0 Å². The van der Waals surface area contributed by atoms with Crippen molar-refractivity contribution in [2.45, 2.75) is 23.3 Å². The smallest absolute Gasteiger partial charge is 0.115 e. The molecule has 0 aliphatic heterocycles. The van der Waals surface area contributed by atoms with Gasteiger partial charge < -0.3 is 5.11 Å². The summed E-state index contributed by atoms with van der Waals surface area (Å²) in [6.07, 6.45) is 3.08. The third-order valence-electron chi connectivity index (χ3n) is 2.01. The fraction of sp³-hybridized carbons (Fsp3) is 0.714. The molecule has 1 N–H and O–H groups in total. The minimum atomic E-state index is -1.07. The van der Waals surface area contributed by atoms with Gasteiger partial charge in [0.25, 0.3) is 0 Å². The van der Waals surface area contributed by atoms with E-state index in [1.165, 1.54) is 6.08 Å². The lowest BCUT2D eigenvalue weighted by atomic mass is 10.0. The highest BCUT2D eigenvalue weighted by Gasteiger charge is 2.55. The molecule has 1 atom stereocenters. The number of alkyl halides is 2. The molecule has 0 saturated heterocycles. The highest BCUT2D eigenvalue weighted by Crippen LogP contribution is 2.51. The van der Waals surface area contributed by atoms with Gasteiger partial charge in [0.05, 0.1) is 10.8 Å². The normalized spacial score (nSPS) is 27.1. The highest BCUT2D eigenvalue weighted by atomic mass is 35.5. The Morgan fingerprint density at radius 2 is 2.20 bits per heavy atom. The summed E-state index contributed by atoms with van der Waals surface area (Å²) < 4.78 is 0. The fourth-order valence-electron chi connectivity index (χ4n) is 0.900. The Labute approximate surface area is 70.6 Å². The van der Waals surface area contributed by atoms with Crippen molar-refractivity contribution < 1.29 is 5.11 Å². The van der Waals surface area contributed by atoms with Gasteiger partial charge in [-0.2, -0.15) is 0 Å². The molecule has 3 heteroatoms. The number of rotatable bonds is 3. The largest absolute Gasteiger partial charge is 0.383 e. The Morgan fingerprint density at radius 3 is 2.30 bits per heavy atom. The number of hydrogen-bond acceptors (Lipinski definition) is 1. The van der Waals surface area contributed by atoms with Crippen LogP contribution in [0.1, 0.15) is 12.8 Å². The molecule has 1 aliphatic carbocycles. The van der Waals surface area contributed by atoms with E-state index in [9.17, 15) is 5.11 Å². The predicted octanol–water partition coefficient (Wildman–Crippen LogP) is 1.91. The first-order valence-electron chi connectivity index (χ1n) is 3.19. The molecule has 1 fully saturated rings. The maximum absolute atomic E-state index is 9.65. The molecule has 0 bridgehead atoms. The molecular weight excluding hydrogens is 171 g/mol. The summed E-state index contributed by atoms with van der Waals surface area (Å²) in [5.41, 5.74) is -1.07. The zero-order valence-corrected chi connectivity index (χ0v) is 7.12. The van der Waals surface area contributed by atoms with Crippen LogP contribution < -0.4 is 0 Å². The van der Waals surface area contributed by atoms with Crippen LogP contribution in [0.4, 0.5) is 0 Å². The van der Waals surface area contributed by atoms with Crippen molar-refractivity contribution >= 4 is 23.2 Å². The Kier molecular flexibility index (Phi) is 2.01. The zero-order valence-electron chi connectivity index (χ0n) is 5.61. The molecule has 1 rings (SSSR count). The second-order valence-corrected chi connectivity index (χ2v) is 3.72. The van der Waals surface area contributed by atoms with Crippen LogP contribution in [0.15, 0.2) is 12.7 Å². The Balaban J connectivity index is 2.72. The Morgan fingerprint density at radius 1 is 1.70 bits per heavy atom. The Hall–Kier alpha value is 0.280. The van der Waals surface area contributed by atoms with Crippen LogP contribution in [0.5, 0.6) is 0 Å². The van der Waals surface area contributed by atoms with Gasteiger partial charge in [-0.15, -0.1) is 29.8 Å². The van der Waals surface area contributed by atoms with Gasteiger partial charge in [0.2, 0.25) is 0 Å². The van der Waals surface area contributed by atoms with Crippen molar-refractivity contribution in [3.8, 4) is 0 Å². The van der Waals surface area contributed by atoms with Crippen molar-refractivity contribution in [2.75, 3.05) is 5.88 Å². The average molecular weight is 181 g/mol. The third kappa shape index (κ3) is 1.07. The van der Waals surface area contributed by atoms with E-state index >= 15 is 0 Å². The molecule has 10 heavy (non-hydrogen) atoms. The summed E-state index contributed by atoms with van der Waals surface area (Å²) in [6, 6.07) is 0. The van der Waals surface area contributed by atoms with Gasteiger partial charge in [-0.05, 0) is 12.8 Å². The monoisotopic (exact) mass is 180 g/mol. The van der Waals surface area contributed by atoms with Crippen molar-refractivity contribution in [3.05, 3.63) is 12.7 Å². The molecule has 0 radical (unpaired) electrons. The van der Waals surface area contributed by atoms with E-state index in [1.807, 2.05) is 0 Å². The quantitative estimate of drug-likeness (QED) is 0.520. The summed E-state index contributed by atoms with van der Waals surface area (Å²) in [4.78, 5) is -0.517. The van der Waals surface area contributed by atoms with E-state index in [-0.39, 0.29) is 5.88 Å². The van der Waals surface area contributed by atoms with Crippen molar-refractivity contribution in [3.63, 3.8) is 0 Å². The van der Waals surface area contributed by atoms with Gasteiger partial charge in [0.15, 0.2) is 0 Å². The standard InChI is InChI=1S/C7H10Cl2O/c1-2-7(10,5-8)6(9)3-4-6/h2,10H,1,3-5H2. The summed E-state index contributed by atoms with van der Waals surface area (Å²) >= 11 is 11.5. The zero-order chi connectivity index (χ0) is 7.83. The molecule has 0 amide bonds. The number of hydrogen-bond donors (Lipinski definition) is 1. The van der Waals surface area contributed by atoms with Gasteiger partial charge in [-0.25, -0.2) is 0 Å². The topological polar surface area (TPSA) is 20.2 Å². The predicted molar refractivity (Wildman–Crippen MR) is 43.7 cm³/mol. The SMILES string of the molecule is C=CC(O)(CCl)C1(Cl)CC1. The molecule has 0 heterocycles. The van der Waals surface area contributed by atoms with Gasteiger partial charge in [-0.3, -0.25) is 0 Å². The highest BCUT2D eigenvalue weighted by molar-refractivity contribution is 6.28. The van der Waals surface area contributed by atoms with E-state index in [0.29, 0.717) is 0 Å². The van der Waals surface area contributed by atoms with Gasteiger partial charge in [0.1, 0.15) is 5.60 Å². The minimum Gasteiger partial charge on any atom is -0.383 e. The van der Waals surface area contributed by atoms with E-state index in [0.717, 1.165) is 12.8 Å². The molecule has 0 aromatic rings. The van der Waals surface area contributed by atoms with Crippen LogP contribution in [-0.4, -0.2) is 21.5 Å². The molecule has 0 aromatic carbocycles. The van der Waals surface area contributed by atoms with Crippen LogP contribution in [0.25, 0.3) is 0 Å². The summed E-state index contributed by atoms with van der Waals surface area (Å²) in [5, 5.41) is 9.65. The molecule has 1 nitrogen and oxygen atoms in total. The molecular formula is C7H10Cl2O. The van der Waals surface area contributed by atoms with Crippen LogP contribution >= 0.6 is 23.2 Å². The summed E-state index contributed by atoms with van der Waals surface area (Å²) in [5.74, 6) is 0.125. The fourth-order valence-corrected chi connectivity index (χ4v) is 1.57. The van der Waals surface area contributed by atoms with E-state index in [4.69, 9.17) is 23.2 Å². The maximum Gasteiger partial charge on any atom is 0.115 e. The minimum absolute atomic E-state index is 0.125. The Bertz CT molecular complexity index is 154. The molecule has 1 aliphatic rings. The first-order chi connectivity index (χ1) is 4.58. The van der Waals surface area contributed by atoms with E-state index in [2.05, 4.69) is 6.58 Å². The van der Waals surface area contributed by atoms with Gasteiger partial charge >= 0.3 is 0 Å². The second-order valence-electron chi connectivity index (χ2n) is 2.73. The number of aliphatic hydroxyl groups is 1. The van der Waals surface area contributed by atoms with Crippen LogP contribution in [0.3, 0.4) is 0 Å². The maximum atomic E-state index is 9.65. The van der Waals surface area contributed by atoms with Crippen molar-refractivity contribution in [2.24, 2.45) is 0 Å². The lowest BCUT2D eigenvalue weighted by Crippen LogP contribution is -2.40. The van der Waals surface area contributed by atoms with Gasteiger partial charge in [-0.1, -0.05) is 6.08 Å². The third-order valence-corrected chi connectivity index (χ3v) is 3.12. The first kappa shape index (κ1) is 8.38. The molecule has 1 unspecified atom stereocenters. The van der Waals surface area contributed by atoms with Gasteiger partial charge in [0, 0.05) is 0 Å². The lowest BCUT2D eigenvalue weighted by Gasteiger charge is -2.26. The van der Waals surface area contributed by atoms with Crippen LogP contribution in [-0.2, 0) is 0 Å². The molecule has 0 aromatic heterocycles. The number of halogens is 2. The van der Waals surface area contributed by atoms with Crippen LogP contribution in [0.2, 0.25) is 0 Å². The summed E-state index contributed by atoms with van der Waals surface area (Å²) in [7, 11) is 0. The molecule has 58 valence electrons. The molecule has 1 saturated carbocycles. The second kappa shape index (κ2) is 2.40. The van der Waals surface area contributed by atoms with E-state index < -0.39 is 10.5 Å². The van der Waals surface area contributed by atoms with Crippen LogP contribution in [0, 0.1) is 0 Å². The molecule has 0 spiro atoms. The average Bonchev–Trinajstić information content (AvgIpc) is 2.68. The van der Waals surface area contributed by atoms with E-state index in [1.54, 1.807) is 0 Å².